The fourth-order valence-corrected chi connectivity index (χ4v) is 3.67. The maximum Gasteiger partial charge on any atom is 0.446 e. The molecule has 0 heterocycles. The number of hydrogen-bond acceptors (Lipinski definition) is 4. The molecule has 0 aliphatic carbocycles. The molecule has 0 saturated heterocycles. The molecule has 0 aliphatic rings. The maximum atomic E-state index is 12.2. The van der Waals surface area contributed by atoms with Gasteiger partial charge < -0.3 is 5.32 Å². The quantitative estimate of drug-likeness (QED) is 0.768. The van der Waals surface area contributed by atoms with Crippen molar-refractivity contribution in [3.05, 3.63) is 60.2 Å². The zero-order valence-electron chi connectivity index (χ0n) is 12.8. The summed E-state index contributed by atoms with van der Waals surface area (Å²) in [4.78, 5) is 12.1. The van der Waals surface area contributed by atoms with Gasteiger partial charge in [-0.15, -0.1) is 0 Å². The lowest BCUT2D eigenvalue weighted by Gasteiger charge is -2.08. The van der Waals surface area contributed by atoms with Crippen LogP contribution >= 0.6 is 11.8 Å². The molecular weight excluding hydrogens is 375 g/mol. The van der Waals surface area contributed by atoms with Gasteiger partial charge in [0.2, 0.25) is 0 Å². The van der Waals surface area contributed by atoms with Gasteiger partial charge in [-0.3, -0.25) is 4.79 Å². The highest BCUT2D eigenvalue weighted by Crippen LogP contribution is 2.36. The van der Waals surface area contributed by atoms with Crippen LogP contribution in [0.1, 0.15) is 10.4 Å². The van der Waals surface area contributed by atoms with E-state index in [0.29, 0.717) is 0 Å². The molecule has 9 heteroatoms. The Morgan fingerprint density at radius 3 is 2.16 bits per heavy atom. The van der Waals surface area contributed by atoms with Gasteiger partial charge in [0.05, 0.1) is 10.6 Å². The first kappa shape index (κ1) is 19.3. The largest absolute Gasteiger partial charge is 0.446 e. The van der Waals surface area contributed by atoms with E-state index in [1.807, 2.05) is 0 Å². The van der Waals surface area contributed by atoms with Crippen molar-refractivity contribution in [2.75, 3.05) is 12.3 Å². The van der Waals surface area contributed by atoms with E-state index in [1.165, 1.54) is 36.4 Å². The fraction of sp³-hybridized carbons (Fsp3) is 0.188. The smallest absolute Gasteiger partial charge is 0.351 e. The van der Waals surface area contributed by atoms with E-state index >= 15 is 0 Å². The lowest BCUT2D eigenvalue weighted by molar-refractivity contribution is -0.0328. The normalized spacial score (nSPS) is 12.0. The van der Waals surface area contributed by atoms with Gasteiger partial charge in [0.15, 0.2) is 9.84 Å². The number of nitrogens with one attached hydrogen (secondary N) is 1. The highest BCUT2D eigenvalue weighted by Gasteiger charge is 2.29. The second-order valence-electron chi connectivity index (χ2n) is 4.96. The van der Waals surface area contributed by atoms with Crippen LogP contribution in [-0.4, -0.2) is 32.1 Å². The molecule has 25 heavy (non-hydrogen) atoms. The number of benzene rings is 2. The van der Waals surface area contributed by atoms with E-state index in [4.69, 9.17) is 0 Å². The van der Waals surface area contributed by atoms with Crippen molar-refractivity contribution in [1.82, 2.24) is 5.32 Å². The Hall–Kier alpha value is -2.00. The monoisotopic (exact) mass is 389 g/mol. The van der Waals surface area contributed by atoms with Crippen molar-refractivity contribution in [2.24, 2.45) is 0 Å². The minimum absolute atomic E-state index is 0.0318. The van der Waals surface area contributed by atoms with E-state index in [0.717, 1.165) is 0 Å². The van der Waals surface area contributed by atoms with Crippen LogP contribution in [0.15, 0.2) is 64.4 Å². The molecule has 0 saturated carbocycles. The van der Waals surface area contributed by atoms with Crippen LogP contribution in [0.25, 0.3) is 0 Å². The van der Waals surface area contributed by atoms with E-state index in [-0.39, 0.29) is 39.4 Å². The number of rotatable bonds is 6. The van der Waals surface area contributed by atoms with Gasteiger partial charge in [-0.2, -0.15) is 13.2 Å². The molecule has 2 aromatic rings. The van der Waals surface area contributed by atoms with Crippen molar-refractivity contribution < 1.29 is 26.4 Å². The number of halogens is 3. The third-order valence-electron chi connectivity index (χ3n) is 3.11. The minimum atomic E-state index is -4.39. The maximum absolute atomic E-state index is 12.2. The van der Waals surface area contributed by atoms with Crippen molar-refractivity contribution in [1.29, 1.82) is 0 Å². The van der Waals surface area contributed by atoms with Gasteiger partial charge in [0.1, 0.15) is 0 Å². The molecular formula is C16H14F3NO3S2. The van der Waals surface area contributed by atoms with Gasteiger partial charge in [0, 0.05) is 17.0 Å². The SMILES string of the molecule is O=C(NCCS(=O)(=O)c1ccccc1)c1ccc(SC(F)(F)F)cc1. The Bertz CT molecular complexity index is 820. The Morgan fingerprint density at radius 2 is 1.60 bits per heavy atom. The van der Waals surface area contributed by atoms with Crippen LogP contribution in [0, 0.1) is 0 Å². The lowest BCUT2D eigenvalue weighted by atomic mass is 10.2. The number of carbonyl (C=O) groups excluding carboxylic acids is 1. The van der Waals surface area contributed by atoms with Gasteiger partial charge >= 0.3 is 5.51 Å². The number of alkyl halides is 3. The number of thioether (sulfide) groups is 1. The molecule has 0 unspecified atom stereocenters. The van der Waals surface area contributed by atoms with Crippen LogP contribution in [0.4, 0.5) is 13.2 Å². The molecule has 0 spiro atoms. The molecule has 2 aromatic carbocycles. The predicted molar refractivity (Wildman–Crippen MR) is 89.2 cm³/mol. The van der Waals surface area contributed by atoms with E-state index in [2.05, 4.69) is 5.32 Å². The first-order valence-corrected chi connectivity index (χ1v) is 9.56. The van der Waals surface area contributed by atoms with Crippen molar-refractivity contribution >= 4 is 27.5 Å². The second kappa shape index (κ2) is 7.92. The summed E-state index contributed by atoms with van der Waals surface area (Å²) in [6.07, 6.45) is 0. The molecule has 0 atom stereocenters. The third-order valence-corrected chi connectivity index (χ3v) is 5.58. The third kappa shape index (κ3) is 6.09. The molecule has 1 N–H and O–H groups in total. The second-order valence-corrected chi connectivity index (χ2v) is 8.21. The Morgan fingerprint density at radius 1 is 1.00 bits per heavy atom. The lowest BCUT2D eigenvalue weighted by Crippen LogP contribution is -2.29. The summed E-state index contributed by atoms with van der Waals surface area (Å²) in [5.74, 6) is -0.822. The number of hydrogen-bond donors (Lipinski definition) is 1. The summed E-state index contributed by atoms with van der Waals surface area (Å²) in [6, 6.07) is 12.7. The molecule has 0 aliphatic heterocycles. The number of carbonyl (C=O) groups is 1. The molecule has 2 rings (SSSR count). The van der Waals surface area contributed by atoms with Crippen molar-refractivity contribution in [2.45, 2.75) is 15.3 Å². The topological polar surface area (TPSA) is 63.2 Å². The van der Waals surface area contributed by atoms with Crippen molar-refractivity contribution in [3.63, 3.8) is 0 Å². The number of sulfone groups is 1. The molecule has 134 valence electrons. The van der Waals surface area contributed by atoms with Crippen LogP contribution in [-0.2, 0) is 9.84 Å². The van der Waals surface area contributed by atoms with Gasteiger partial charge in [0.25, 0.3) is 5.91 Å². The standard InChI is InChI=1S/C16H14F3NO3S2/c17-16(18,19)24-13-8-6-12(7-9-13)15(21)20-10-11-25(22,23)14-4-2-1-3-5-14/h1-9H,10-11H2,(H,20,21). The van der Waals surface area contributed by atoms with Crippen molar-refractivity contribution in [3.8, 4) is 0 Å². The molecule has 0 fully saturated rings. The van der Waals surface area contributed by atoms with Crippen LogP contribution in [0.3, 0.4) is 0 Å². The van der Waals surface area contributed by atoms with E-state index < -0.39 is 21.3 Å². The molecule has 0 aromatic heterocycles. The summed E-state index contributed by atoms with van der Waals surface area (Å²) in [6.45, 7) is -0.102. The van der Waals surface area contributed by atoms with Crippen LogP contribution in [0.2, 0.25) is 0 Å². The summed E-state index contributed by atoms with van der Waals surface area (Å²) < 4.78 is 60.9. The summed E-state index contributed by atoms with van der Waals surface area (Å²) in [5.41, 5.74) is -4.24. The Kier molecular flexibility index (Phi) is 6.12. The zero-order valence-corrected chi connectivity index (χ0v) is 14.4. The summed E-state index contributed by atoms with van der Waals surface area (Å²) in [7, 11) is -3.51. The zero-order chi connectivity index (χ0) is 18.5. The average Bonchev–Trinajstić information content (AvgIpc) is 2.54. The van der Waals surface area contributed by atoms with E-state index in [1.54, 1.807) is 18.2 Å². The summed E-state index contributed by atoms with van der Waals surface area (Å²) >= 11 is -0.271. The average molecular weight is 389 g/mol. The van der Waals surface area contributed by atoms with Gasteiger partial charge in [-0.1, -0.05) is 18.2 Å². The van der Waals surface area contributed by atoms with Gasteiger partial charge in [-0.05, 0) is 48.2 Å². The highest BCUT2D eigenvalue weighted by molar-refractivity contribution is 8.00. The first-order chi connectivity index (χ1) is 11.7. The van der Waals surface area contributed by atoms with Crippen LogP contribution < -0.4 is 5.32 Å². The predicted octanol–water partition coefficient (Wildman–Crippen LogP) is 3.50. The van der Waals surface area contributed by atoms with E-state index in [9.17, 15) is 26.4 Å². The fourth-order valence-electron chi connectivity index (χ4n) is 1.95. The highest BCUT2D eigenvalue weighted by atomic mass is 32.2. The molecule has 0 radical (unpaired) electrons. The minimum Gasteiger partial charge on any atom is -0.351 e. The van der Waals surface area contributed by atoms with Crippen LogP contribution in [0.5, 0.6) is 0 Å². The molecule has 0 bridgehead atoms. The first-order valence-electron chi connectivity index (χ1n) is 7.09. The molecule has 4 nitrogen and oxygen atoms in total. The number of amides is 1. The summed E-state index contributed by atoms with van der Waals surface area (Å²) in [5, 5.41) is 2.45. The Balaban J connectivity index is 1.90. The Labute approximate surface area is 147 Å². The van der Waals surface area contributed by atoms with Gasteiger partial charge in [-0.25, -0.2) is 8.42 Å². The molecule has 1 amide bonds.